The van der Waals surface area contributed by atoms with E-state index < -0.39 is 35.7 Å². The molecule has 2 N–H and O–H groups in total. The summed E-state index contributed by atoms with van der Waals surface area (Å²) in [6, 6.07) is 3.82. The number of benzene rings is 1. The number of hydrogen-bond acceptors (Lipinski definition) is 4. The molecule has 2 amide bonds. The number of amides is 2. The van der Waals surface area contributed by atoms with Crippen molar-refractivity contribution in [3.8, 4) is 12.3 Å². The molecule has 0 unspecified atom stereocenters. The van der Waals surface area contributed by atoms with Crippen molar-refractivity contribution in [2.45, 2.75) is 31.8 Å². The molecular formula is C17H19FN2O4. The fraction of sp³-hybridized carbons (Fsp3) is 0.353. The van der Waals surface area contributed by atoms with E-state index in [1.807, 2.05) is 0 Å². The summed E-state index contributed by atoms with van der Waals surface area (Å²) in [4.78, 5) is 35.3. The molecule has 0 bridgehead atoms. The van der Waals surface area contributed by atoms with Crippen LogP contribution in [0, 0.1) is 18.2 Å². The molecule has 0 saturated carbocycles. The monoisotopic (exact) mass is 334 g/mol. The van der Waals surface area contributed by atoms with E-state index in [4.69, 9.17) is 6.42 Å². The second-order valence-corrected chi connectivity index (χ2v) is 5.04. The molecule has 0 radical (unpaired) electrons. The van der Waals surface area contributed by atoms with Gasteiger partial charge in [0.2, 0.25) is 11.8 Å². The highest BCUT2D eigenvalue weighted by molar-refractivity contribution is 5.90. The van der Waals surface area contributed by atoms with Gasteiger partial charge in [-0.2, -0.15) is 0 Å². The maximum absolute atomic E-state index is 13.8. The predicted octanol–water partition coefficient (Wildman–Crippen LogP) is 0.554. The molecule has 0 saturated heterocycles. The third kappa shape index (κ3) is 5.72. The van der Waals surface area contributed by atoms with Crippen LogP contribution in [0.3, 0.4) is 0 Å². The molecule has 0 aliphatic carbocycles. The van der Waals surface area contributed by atoms with E-state index in [0.29, 0.717) is 0 Å². The maximum atomic E-state index is 13.8. The first kappa shape index (κ1) is 19.2. The SMILES string of the molecule is C#CC[C@@H](NC(=O)[C@@H](Cc1ccccc1F)NC(C)=O)C(=O)OC. The normalized spacial score (nSPS) is 12.4. The molecule has 1 rings (SSSR count). The Morgan fingerprint density at radius 2 is 1.92 bits per heavy atom. The molecule has 7 heteroatoms. The van der Waals surface area contributed by atoms with Crippen LogP contribution in [0.1, 0.15) is 18.9 Å². The maximum Gasteiger partial charge on any atom is 0.329 e. The molecule has 24 heavy (non-hydrogen) atoms. The molecule has 0 fully saturated rings. The number of rotatable bonds is 7. The molecule has 0 aromatic heterocycles. The van der Waals surface area contributed by atoms with E-state index in [0.717, 1.165) is 0 Å². The lowest BCUT2D eigenvalue weighted by Crippen LogP contribution is -2.52. The van der Waals surface area contributed by atoms with Gasteiger partial charge in [0.25, 0.3) is 0 Å². The Bertz CT molecular complexity index is 654. The summed E-state index contributed by atoms with van der Waals surface area (Å²) in [6.07, 6.45) is 5.04. The molecule has 0 aliphatic rings. The third-order valence-corrected chi connectivity index (χ3v) is 3.20. The summed E-state index contributed by atoms with van der Waals surface area (Å²) in [6.45, 7) is 1.24. The molecular weight excluding hydrogens is 315 g/mol. The van der Waals surface area contributed by atoms with Gasteiger partial charge in [-0.15, -0.1) is 12.3 Å². The first-order valence-corrected chi connectivity index (χ1v) is 7.21. The second-order valence-electron chi connectivity index (χ2n) is 5.04. The lowest BCUT2D eigenvalue weighted by molar-refractivity contribution is -0.145. The van der Waals surface area contributed by atoms with Gasteiger partial charge in [-0.05, 0) is 11.6 Å². The fourth-order valence-electron chi connectivity index (χ4n) is 2.06. The Morgan fingerprint density at radius 1 is 1.25 bits per heavy atom. The predicted molar refractivity (Wildman–Crippen MR) is 85.1 cm³/mol. The zero-order chi connectivity index (χ0) is 18.1. The van der Waals surface area contributed by atoms with Crippen LogP contribution in [-0.2, 0) is 25.5 Å². The summed E-state index contributed by atoms with van der Waals surface area (Å²) < 4.78 is 18.3. The second kappa shape index (κ2) is 9.30. The highest BCUT2D eigenvalue weighted by atomic mass is 19.1. The smallest absolute Gasteiger partial charge is 0.329 e. The van der Waals surface area contributed by atoms with Gasteiger partial charge >= 0.3 is 5.97 Å². The van der Waals surface area contributed by atoms with Crippen LogP contribution in [0.4, 0.5) is 4.39 Å². The van der Waals surface area contributed by atoms with E-state index >= 15 is 0 Å². The van der Waals surface area contributed by atoms with Crippen molar-refractivity contribution in [1.29, 1.82) is 0 Å². The quantitative estimate of drug-likeness (QED) is 0.563. The van der Waals surface area contributed by atoms with Gasteiger partial charge in [-0.3, -0.25) is 9.59 Å². The van der Waals surface area contributed by atoms with Crippen LogP contribution in [0.25, 0.3) is 0 Å². The van der Waals surface area contributed by atoms with Gasteiger partial charge < -0.3 is 15.4 Å². The summed E-state index contributed by atoms with van der Waals surface area (Å²) >= 11 is 0. The van der Waals surface area contributed by atoms with Gasteiger partial charge in [0, 0.05) is 19.8 Å². The number of esters is 1. The zero-order valence-electron chi connectivity index (χ0n) is 13.5. The standard InChI is InChI=1S/C17H19FN2O4/c1-4-7-14(17(23)24-3)20-16(22)15(19-11(2)21)10-12-8-5-6-9-13(12)18/h1,5-6,8-9,14-15H,7,10H2,2-3H3,(H,19,21)(H,20,22)/t14-,15-/m1/s1. The van der Waals surface area contributed by atoms with Crippen LogP contribution in [0.5, 0.6) is 0 Å². The van der Waals surface area contributed by atoms with Crippen molar-refractivity contribution in [1.82, 2.24) is 10.6 Å². The molecule has 2 atom stereocenters. The number of carbonyl (C=O) groups is 3. The summed E-state index contributed by atoms with van der Waals surface area (Å²) in [5.74, 6) is -0.0418. The Labute approximate surface area is 139 Å². The number of ether oxygens (including phenoxy) is 1. The minimum atomic E-state index is -1.05. The van der Waals surface area contributed by atoms with Gasteiger partial charge in [0.05, 0.1) is 7.11 Å². The molecule has 1 aromatic rings. The lowest BCUT2D eigenvalue weighted by atomic mass is 10.0. The summed E-state index contributed by atoms with van der Waals surface area (Å²) in [5.41, 5.74) is 0.262. The molecule has 128 valence electrons. The van der Waals surface area contributed by atoms with Crippen molar-refractivity contribution in [3.05, 3.63) is 35.6 Å². The van der Waals surface area contributed by atoms with E-state index in [2.05, 4.69) is 21.3 Å². The summed E-state index contributed by atoms with van der Waals surface area (Å²) in [7, 11) is 1.17. The first-order chi connectivity index (χ1) is 11.4. The number of terminal acetylenes is 1. The van der Waals surface area contributed by atoms with Crippen molar-refractivity contribution < 1.29 is 23.5 Å². The Balaban J connectivity index is 2.92. The highest BCUT2D eigenvalue weighted by Gasteiger charge is 2.27. The van der Waals surface area contributed by atoms with Crippen LogP contribution < -0.4 is 10.6 Å². The van der Waals surface area contributed by atoms with E-state index in [1.54, 1.807) is 6.07 Å². The van der Waals surface area contributed by atoms with E-state index in [9.17, 15) is 18.8 Å². The van der Waals surface area contributed by atoms with Gasteiger partial charge in [-0.1, -0.05) is 18.2 Å². The van der Waals surface area contributed by atoms with Crippen LogP contribution in [0.15, 0.2) is 24.3 Å². The van der Waals surface area contributed by atoms with Crippen LogP contribution in [-0.4, -0.2) is 37.0 Å². The Kier molecular flexibility index (Phi) is 7.43. The number of hydrogen-bond donors (Lipinski definition) is 2. The van der Waals surface area contributed by atoms with Crippen molar-refractivity contribution in [2.24, 2.45) is 0 Å². The zero-order valence-corrected chi connectivity index (χ0v) is 13.5. The minimum absolute atomic E-state index is 0.0646. The van der Waals surface area contributed by atoms with Crippen LogP contribution >= 0.6 is 0 Å². The Hall–Kier alpha value is -2.88. The van der Waals surface area contributed by atoms with Gasteiger partial charge in [0.1, 0.15) is 17.9 Å². The largest absolute Gasteiger partial charge is 0.467 e. The molecule has 0 spiro atoms. The highest BCUT2D eigenvalue weighted by Crippen LogP contribution is 2.10. The molecule has 0 heterocycles. The molecule has 1 aromatic carbocycles. The van der Waals surface area contributed by atoms with Crippen LogP contribution in [0.2, 0.25) is 0 Å². The number of carbonyl (C=O) groups excluding carboxylic acids is 3. The number of halogens is 1. The fourth-order valence-corrected chi connectivity index (χ4v) is 2.06. The third-order valence-electron chi connectivity index (χ3n) is 3.20. The summed E-state index contributed by atoms with van der Waals surface area (Å²) in [5, 5.41) is 4.86. The van der Waals surface area contributed by atoms with Crippen molar-refractivity contribution in [2.75, 3.05) is 7.11 Å². The molecule has 6 nitrogen and oxygen atoms in total. The van der Waals surface area contributed by atoms with Crippen molar-refractivity contribution in [3.63, 3.8) is 0 Å². The van der Waals surface area contributed by atoms with E-state index in [-0.39, 0.29) is 18.4 Å². The number of methoxy groups -OCH3 is 1. The van der Waals surface area contributed by atoms with E-state index in [1.165, 1.54) is 32.2 Å². The first-order valence-electron chi connectivity index (χ1n) is 7.21. The number of nitrogens with one attached hydrogen (secondary N) is 2. The average Bonchev–Trinajstić information content (AvgIpc) is 2.54. The Morgan fingerprint density at radius 3 is 2.46 bits per heavy atom. The van der Waals surface area contributed by atoms with Gasteiger partial charge in [0.15, 0.2) is 0 Å². The molecule has 0 aliphatic heterocycles. The average molecular weight is 334 g/mol. The lowest BCUT2D eigenvalue weighted by Gasteiger charge is -2.21. The van der Waals surface area contributed by atoms with Gasteiger partial charge in [-0.25, -0.2) is 9.18 Å². The van der Waals surface area contributed by atoms with Crippen molar-refractivity contribution >= 4 is 17.8 Å². The topological polar surface area (TPSA) is 84.5 Å². The minimum Gasteiger partial charge on any atom is -0.467 e.